The molecule has 142 valence electrons. The Morgan fingerprint density at radius 1 is 0.929 bits per heavy atom. The highest BCUT2D eigenvalue weighted by Gasteiger charge is 2.24. The van der Waals surface area contributed by atoms with E-state index in [1.165, 1.54) is 0 Å². The summed E-state index contributed by atoms with van der Waals surface area (Å²) in [6.07, 6.45) is 3.30. The molecule has 0 atom stereocenters. The van der Waals surface area contributed by atoms with Crippen molar-refractivity contribution < 1.29 is 4.79 Å². The van der Waals surface area contributed by atoms with E-state index in [2.05, 4.69) is 0 Å². The van der Waals surface area contributed by atoms with Crippen molar-refractivity contribution in [1.82, 2.24) is 4.90 Å². The van der Waals surface area contributed by atoms with Gasteiger partial charge in [0.15, 0.2) is 0 Å². The number of halogens is 2. The van der Waals surface area contributed by atoms with Crippen LogP contribution >= 0.6 is 23.2 Å². The molecule has 0 aliphatic rings. The molecule has 0 unspecified atom stereocenters. The molecule has 0 aliphatic heterocycles. The van der Waals surface area contributed by atoms with Crippen molar-refractivity contribution in [3.63, 3.8) is 0 Å². The Morgan fingerprint density at radius 2 is 1.50 bits per heavy atom. The number of amides is 1. The third kappa shape index (κ3) is 4.83. The first-order chi connectivity index (χ1) is 13.6. The first-order valence-corrected chi connectivity index (χ1v) is 9.89. The summed E-state index contributed by atoms with van der Waals surface area (Å²) >= 11 is 12.2. The van der Waals surface area contributed by atoms with E-state index in [9.17, 15) is 4.79 Å². The molecule has 0 bridgehead atoms. The van der Waals surface area contributed by atoms with Crippen LogP contribution in [0.2, 0.25) is 10.0 Å². The van der Waals surface area contributed by atoms with Crippen LogP contribution in [0.3, 0.4) is 0 Å². The molecule has 0 saturated carbocycles. The lowest BCUT2D eigenvalue weighted by Crippen LogP contribution is -2.34. The molecule has 0 fully saturated rings. The van der Waals surface area contributed by atoms with Crippen LogP contribution in [0.4, 0.5) is 0 Å². The van der Waals surface area contributed by atoms with Gasteiger partial charge in [-0.05, 0) is 41.8 Å². The number of hydrogen-bond acceptors (Lipinski definition) is 1. The molecule has 3 aromatic rings. The predicted octanol–water partition coefficient (Wildman–Crippen LogP) is 6.64. The number of likely N-dealkylation sites (N-methyl/N-ethyl adjacent to an activating group) is 1. The first-order valence-electron chi connectivity index (χ1n) is 9.13. The molecule has 28 heavy (non-hydrogen) atoms. The summed E-state index contributed by atoms with van der Waals surface area (Å²) in [7, 11) is 0. The minimum Gasteiger partial charge on any atom is -0.328 e. The Balaban J connectivity index is 1.93. The van der Waals surface area contributed by atoms with Crippen LogP contribution in [-0.4, -0.2) is 17.4 Å². The van der Waals surface area contributed by atoms with E-state index < -0.39 is 0 Å². The third-order valence-electron chi connectivity index (χ3n) is 4.53. The zero-order chi connectivity index (χ0) is 19.9. The van der Waals surface area contributed by atoms with Gasteiger partial charge in [-0.2, -0.15) is 0 Å². The second kappa shape index (κ2) is 9.59. The number of rotatable bonds is 6. The number of hydrogen-bond donors (Lipinski definition) is 0. The summed E-state index contributed by atoms with van der Waals surface area (Å²) < 4.78 is 0. The van der Waals surface area contributed by atoms with Crippen molar-refractivity contribution >= 4 is 35.2 Å². The lowest BCUT2D eigenvalue weighted by Gasteiger charge is -2.31. The molecular formula is C24H21Cl2NO. The average Bonchev–Trinajstić information content (AvgIpc) is 2.72. The van der Waals surface area contributed by atoms with Crippen LogP contribution in [0.15, 0.2) is 84.9 Å². The normalized spacial score (nSPS) is 11.1. The van der Waals surface area contributed by atoms with Crippen molar-refractivity contribution in [2.45, 2.75) is 13.0 Å². The fourth-order valence-corrected chi connectivity index (χ4v) is 3.65. The van der Waals surface area contributed by atoms with Gasteiger partial charge in [0, 0.05) is 22.7 Å². The molecule has 3 rings (SSSR count). The molecule has 0 N–H and O–H groups in total. The van der Waals surface area contributed by atoms with Crippen molar-refractivity contribution in [1.29, 1.82) is 0 Å². The summed E-state index contributed by atoms with van der Waals surface area (Å²) in [5.41, 5.74) is 2.90. The monoisotopic (exact) mass is 409 g/mol. The molecule has 1 amide bonds. The van der Waals surface area contributed by atoms with Gasteiger partial charge in [-0.3, -0.25) is 4.79 Å². The highest BCUT2D eigenvalue weighted by molar-refractivity contribution is 6.35. The first kappa shape index (κ1) is 20.2. The number of benzene rings is 3. The van der Waals surface area contributed by atoms with Crippen molar-refractivity contribution in [3.05, 3.63) is 112 Å². The second-order valence-electron chi connectivity index (χ2n) is 6.35. The van der Waals surface area contributed by atoms with Crippen molar-refractivity contribution in [2.24, 2.45) is 0 Å². The number of carbonyl (C=O) groups excluding carboxylic acids is 1. The molecule has 2 nitrogen and oxygen atoms in total. The highest BCUT2D eigenvalue weighted by Crippen LogP contribution is 2.29. The fourth-order valence-electron chi connectivity index (χ4n) is 3.18. The molecule has 0 aliphatic carbocycles. The van der Waals surface area contributed by atoms with Gasteiger partial charge in [0.1, 0.15) is 0 Å². The molecule has 0 radical (unpaired) electrons. The smallest absolute Gasteiger partial charge is 0.247 e. The zero-order valence-electron chi connectivity index (χ0n) is 15.6. The quantitative estimate of drug-likeness (QED) is 0.417. The van der Waals surface area contributed by atoms with E-state index in [-0.39, 0.29) is 11.9 Å². The van der Waals surface area contributed by atoms with Crippen molar-refractivity contribution in [3.8, 4) is 0 Å². The molecule has 0 saturated heterocycles. The summed E-state index contributed by atoms with van der Waals surface area (Å²) in [5.74, 6) is -0.0776. The van der Waals surface area contributed by atoms with Crippen molar-refractivity contribution in [2.75, 3.05) is 6.54 Å². The second-order valence-corrected chi connectivity index (χ2v) is 7.19. The van der Waals surface area contributed by atoms with Gasteiger partial charge in [0.05, 0.1) is 6.04 Å². The van der Waals surface area contributed by atoms with Gasteiger partial charge >= 0.3 is 0 Å². The summed E-state index contributed by atoms with van der Waals surface area (Å²) in [4.78, 5) is 14.9. The Hall–Kier alpha value is -2.55. The van der Waals surface area contributed by atoms with Crippen LogP contribution in [0.25, 0.3) is 6.08 Å². The third-order valence-corrected chi connectivity index (χ3v) is 5.10. The fraction of sp³-hybridized carbons (Fsp3) is 0.125. The largest absolute Gasteiger partial charge is 0.328 e. The average molecular weight is 410 g/mol. The van der Waals surface area contributed by atoms with E-state index in [0.717, 1.165) is 16.7 Å². The van der Waals surface area contributed by atoms with Gasteiger partial charge in [-0.25, -0.2) is 0 Å². The van der Waals surface area contributed by atoms with Crippen LogP contribution in [-0.2, 0) is 4.79 Å². The van der Waals surface area contributed by atoms with E-state index in [0.29, 0.717) is 16.6 Å². The van der Waals surface area contributed by atoms with Crippen LogP contribution < -0.4 is 0 Å². The zero-order valence-corrected chi connectivity index (χ0v) is 17.1. The Bertz CT molecular complexity index is 915. The topological polar surface area (TPSA) is 20.3 Å². The summed E-state index contributed by atoms with van der Waals surface area (Å²) in [6.45, 7) is 2.56. The lowest BCUT2D eigenvalue weighted by atomic mass is 9.97. The van der Waals surface area contributed by atoms with Crippen LogP contribution in [0, 0.1) is 0 Å². The Morgan fingerprint density at radius 3 is 2.00 bits per heavy atom. The molecule has 0 aromatic heterocycles. The van der Waals surface area contributed by atoms with Gasteiger partial charge < -0.3 is 4.90 Å². The standard InChI is InChI=1S/C24H21Cl2NO/c1-2-27(23(28)16-14-18-13-15-21(25)17-22(18)26)24(19-9-5-3-6-10-19)20-11-7-4-8-12-20/h3-17,24H,2H2,1H3/b16-14+. The minimum absolute atomic E-state index is 0.0776. The van der Waals surface area contributed by atoms with E-state index in [1.807, 2.05) is 72.5 Å². The Kier molecular flexibility index (Phi) is 6.91. The maximum absolute atomic E-state index is 13.1. The highest BCUT2D eigenvalue weighted by atomic mass is 35.5. The van der Waals surface area contributed by atoms with Gasteiger partial charge in [0.2, 0.25) is 5.91 Å². The number of carbonyl (C=O) groups is 1. The summed E-state index contributed by atoms with van der Waals surface area (Å²) in [5, 5.41) is 1.08. The minimum atomic E-state index is -0.162. The lowest BCUT2D eigenvalue weighted by molar-refractivity contribution is -0.127. The maximum atomic E-state index is 13.1. The summed E-state index contributed by atoms with van der Waals surface area (Å²) in [6, 6.07) is 25.2. The van der Waals surface area contributed by atoms with Crippen LogP contribution in [0.5, 0.6) is 0 Å². The Labute approximate surface area is 176 Å². The molecule has 3 aromatic carbocycles. The van der Waals surface area contributed by atoms with Crippen LogP contribution in [0.1, 0.15) is 29.7 Å². The van der Waals surface area contributed by atoms with Gasteiger partial charge in [-0.1, -0.05) is 89.9 Å². The molecule has 0 spiro atoms. The molecule has 4 heteroatoms. The molecular weight excluding hydrogens is 389 g/mol. The van der Waals surface area contributed by atoms with E-state index in [1.54, 1.807) is 30.4 Å². The van der Waals surface area contributed by atoms with E-state index >= 15 is 0 Å². The molecule has 0 heterocycles. The van der Waals surface area contributed by atoms with Gasteiger partial charge in [0.25, 0.3) is 0 Å². The van der Waals surface area contributed by atoms with E-state index in [4.69, 9.17) is 23.2 Å². The number of nitrogens with zero attached hydrogens (tertiary/aromatic N) is 1. The maximum Gasteiger partial charge on any atom is 0.247 e. The predicted molar refractivity (Wildman–Crippen MR) is 118 cm³/mol. The SMILES string of the molecule is CCN(C(=O)/C=C/c1ccc(Cl)cc1Cl)C(c1ccccc1)c1ccccc1. The van der Waals surface area contributed by atoms with Gasteiger partial charge in [-0.15, -0.1) is 0 Å².